The van der Waals surface area contributed by atoms with E-state index in [1.165, 1.54) is 11.8 Å². The minimum atomic E-state index is -3.26. The third-order valence-electron chi connectivity index (χ3n) is 5.12. The zero-order valence-corrected chi connectivity index (χ0v) is 15.4. The molecule has 3 atom stereocenters. The molecule has 24 heavy (non-hydrogen) atoms. The largest absolute Gasteiger partial charge is 0.312 e. The number of carbonyl (C=O) groups is 1. The highest BCUT2D eigenvalue weighted by molar-refractivity contribution is 7.88. The molecule has 0 bridgehead atoms. The van der Waals surface area contributed by atoms with Crippen LogP contribution in [0, 0.1) is 11.8 Å². The first-order valence-electron chi connectivity index (χ1n) is 8.71. The number of nitrogens with zero attached hydrogens (tertiary/aromatic N) is 1. The number of rotatable bonds is 5. The molecule has 0 saturated heterocycles. The van der Waals surface area contributed by atoms with Gasteiger partial charge >= 0.3 is 0 Å². The Bertz CT molecular complexity index is 745. The molecule has 0 unspecified atom stereocenters. The summed E-state index contributed by atoms with van der Waals surface area (Å²) >= 11 is 0. The highest BCUT2D eigenvalue weighted by atomic mass is 32.2. The molecule has 0 aliphatic heterocycles. The Labute approximate surface area is 144 Å². The van der Waals surface area contributed by atoms with E-state index < -0.39 is 10.0 Å². The molecule has 3 rings (SSSR count). The number of hydrogen-bond donors (Lipinski definition) is 1. The Morgan fingerprint density at radius 3 is 2.67 bits per heavy atom. The topological polar surface area (TPSA) is 66.5 Å². The molecule has 1 N–H and O–H groups in total. The number of amides is 1. The Hall–Kier alpha value is -1.40. The summed E-state index contributed by atoms with van der Waals surface area (Å²) in [5, 5.41) is 0. The van der Waals surface area contributed by atoms with Crippen molar-refractivity contribution in [2.75, 3.05) is 17.7 Å². The van der Waals surface area contributed by atoms with Crippen LogP contribution in [-0.2, 0) is 21.2 Å². The van der Waals surface area contributed by atoms with Crippen molar-refractivity contribution in [1.82, 2.24) is 4.72 Å². The van der Waals surface area contributed by atoms with Crippen molar-refractivity contribution < 1.29 is 13.2 Å². The molecule has 2 aliphatic rings. The fourth-order valence-electron chi connectivity index (χ4n) is 3.67. The van der Waals surface area contributed by atoms with Crippen molar-refractivity contribution in [3.63, 3.8) is 0 Å². The standard InChI is InChI=1S/C18H26N2O3S/c1-4-20(18(21)15-10-12(15)2)14-9-8-13-6-5-7-17(16(13)11-14)19-24(3,22)23/h8-9,11-12,15,17,19H,4-7,10H2,1-3H3/t12-,15-,17-/m1/s1. The van der Waals surface area contributed by atoms with Gasteiger partial charge in [-0.3, -0.25) is 4.79 Å². The predicted octanol–water partition coefficient (Wildman–Crippen LogP) is 2.62. The quantitative estimate of drug-likeness (QED) is 0.888. The summed E-state index contributed by atoms with van der Waals surface area (Å²) in [5.41, 5.74) is 3.07. The van der Waals surface area contributed by atoms with E-state index >= 15 is 0 Å². The average Bonchev–Trinajstić information content (AvgIpc) is 3.24. The van der Waals surface area contributed by atoms with Crippen molar-refractivity contribution in [2.24, 2.45) is 11.8 Å². The molecule has 1 aromatic carbocycles. The van der Waals surface area contributed by atoms with Crippen LogP contribution in [0.2, 0.25) is 0 Å². The molecular weight excluding hydrogens is 324 g/mol. The zero-order valence-electron chi connectivity index (χ0n) is 14.6. The molecule has 1 aromatic rings. The lowest BCUT2D eigenvalue weighted by Crippen LogP contribution is -2.33. The molecule has 0 radical (unpaired) electrons. The smallest absolute Gasteiger partial charge is 0.230 e. The summed E-state index contributed by atoms with van der Waals surface area (Å²) in [6, 6.07) is 5.85. The lowest BCUT2D eigenvalue weighted by Gasteiger charge is -2.29. The Kier molecular flexibility index (Phi) is 4.71. The second-order valence-electron chi connectivity index (χ2n) is 7.12. The van der Waals surface area contributed by atoms with Crippen molar-refractivity contribution >= 4 is 21.6 Å². The zero-order chi connectivity index (χ0) is 17.5. The summed E-state index contributed by atoms with van der Waals surface area (Å²) in [7, 11) is -3.26. The summed E-state index contributed by atoms with van der Waals surface area (Å²) in [5.74, 6) is 0.808. The summed E-state index contributed by atoms with van der Waals surface area (Å²) in [6.07, 6.45) is 4.89. The molecule has 1 amide bonds. The van der Waals surface area contributed by atoms with E-state index in [0.29, 0.717) is 12.5 Å². The number of hydrogen-bond acceptors (Lipinski definition) is 3. The van der Waals surface area contributed by atoms with Gasteiger partial charge in [0, 0.05) is 24.2 Å². The molecular formula is C18H26N2O3S. The van der Waals surface area contributed by atoms with Crippen LogP contribution in [0.1, 0.15) is 50.3 Å². The van der Waals surface area contributed by atoms with Gasteiger partial charge in [-0.1, -0.05) is 13.0 Å². The second-order valence-corrected chi connectivity index (χ2v) is 8.90. The fraction of sp³-hybridized carbons (Fsp3) is 0.611. The predicted molar refractivity (Wildman–Crippen MR) is 95.4 cm³/mol. The van der Waals surface area contributed by atoms with Gasteiger partial charge in [-0.05, 0) is 61.8 Å². The van der Waals surface area contributed by atoms with Crippen LogP contribution in [0.25, 0.3) is 0 Å². The number of benzene rings is 1. The van der Waals surface area contributed by atoms with Gasteiger partial charge in [0.15, 0.2) is 0 Å². The van der Waals surface area contributed by atoms with Gasteiger partial charge < -0.3 is 4.90 Å². The summed E-state index contributed by atoms with van der Waals surface area (Å²) < 4.78 is 26.0. The SMILES string of the molecule is CCN(C(=O)[C@@H]1C[C@H]1C)c1ccc2c(c1)[C@H](NS(C)(=O)=O)CCC2. The van der Waals surface area contributed by atoms with Crippen LogP contribution >= 0.6 is 0 Å². The van der Waals surface area contributed by atoms with Crippen LogP contribution in [0.4, 0.5) is 5.69 Å². The maximum Gasteiger partial charge on any atom is 0.230 e. The first-order chi connectivity index (χ1) is 11.3. The van der Waals surface area contributed by atoms with Crippen molar-refractivity contribution in [2.45, 2.75) is 45.6 Å². The highest BCUT2D eigenvalue weighted by Gasteiger charge is 2.41. The van der Waals surface area contributed by atoms with E-state index in [2.05, 4.69) is 11.6 Å². The third kappa shape index (κ3) is 3.64. The first-order valence-corrected chi connectivity index (χ1v) is 10.6. The normalized spacial score (nSPS) is 25.9. The highest BCUT2D eigenvalue weighted by Crippen LogP contribution is 2.40. The lowest BCUT2D eigenvalue weighted by molar-refractivity contribution is -0.120. The maximum absolute atomic E-state index is 12.6. The Balaban J connectivity index is 1.90. The molecule has 0 spiro atoms. The molecule has 0 aromatic heterocycles. The molecule has 1 fully saturated rings. The van der Waals surface area contributed by atoms with E-state index in [9.17, 15) is 13.2 Å². The first kappa shape index (κ1) is 17.4. The van der Waals surface area contributed by atoms with E-state index in [1.807, 2.05) is 30.0 Å². The van der Waals surface area contributed by atoms with Gasteiger partial charge in [0.1, 0.15) is 0 Å². The number of fused-ring (bicyclic) bond motifs is 1. The van der Waals surface area contributed by atoms with Gasteiger partial charge in [0.25, 0.3) is 0 Å². The fourth-order valence-corrected chi connectivity index (χ4v) is 4.43. The second kappa shape index (κ2) is 6.48. The Morgan fingerprint density at radius 1 is 1.38 bits per heavy atom. The molecule has 1 saturated carbocycles. The molecule has 6 heteroatoms. The number of sulfonamides is 1. The number of nitrogens with one attached hydrogen (secondary N) is 1. The molecule has 2 aliphatic carbocycles. The van der Waals surface area contributed by atoms with Crippen LogP contribution < -0.4 is 9.62 Å². The number of carbonyl (C=O) groups excluding carboxylic acids is 1. The lowest BCUT2D eigenvalue weighted by atomic mass is 9.87. The van der Waals surface area contributed by atoms with Crippen LogP contribution in [-0.4, -0.2) is 27.1 Å². The van der Waals surface area contributed by atoms with E-state index in [1.54, 1.807) is 0 Å². The summed E-state index contributed by atoms with van der Waals surface area (Å²) in [4.78, 5) is 14.5. The van der Waals surface area contributed by atoms with Gasteiger partial charge in [0.2, 0.25) is 15.9 Å². The molecule has 132 valence electrons. The average molecular weight is 350 g/mol. The van der Waals surface area contributed by atoms with E-state index in [4.69, 9.17) is 0 Å². The van der Waals surface area contributed by atoms with Gasteiger partial charge in [0.05, 0.1) is 6.26 Å². The van der Waals surface area contributed by atoms with Crippen LogP contribution in [0.15, 0.2) is 18.2 Å². The molecule has 5 nitrogen and oxygen atoms in total. The van der Waals surface area contributed by atoms with Gasteiger partial charge in [-0.2, -0.15) is 0 Å². The monoisotopic (exact) mass is 350 g/mol. The van der Waals surface area contributed by atoms with Crippen molar-refractivity contribution in [3.05, 3.63) is 29.3 Å². The number of aryl methyl sites for hydroxylation is 1. The van der Waals surface area contributed by atoms with Crippen LogP contribution in [0.3, 0.4) is 0 Å². The third-order valence-corrected chi connectivity index (χ3v) is 5.83. The van der Waals surface area contributed by atoms with E-state index in [-0.39, 0.29) is 17.9 Å². The Morgan fingerprint density at radius 2 is 2.08 bits per heavy atom. The minimum absolute atomic E-state index is 0.144. The van der Waals surface area contributed by atoms with Crippen LogP contribution in [0.5, 0.6) is 0 Å². The van der Waals surface area contributed by atoms with Crippen molar-refractivity contribution in [3.8, 4) is 0 Å². The number of anilines is 1. The van der Waals surface area contributed by atoms with Gasteiger partial charge in [-0.25, -0.2) is 13.1 Å². The maximum atomic E-state index is 12.6. The molecule has 0 heterocycles. The van der Waals surface area contributed by atoms with Gasteiger partial charge in [-0.15, -0.1) is 0 Å². The minimum Gasteiger partial charge on any atom is -0.312 e. The summed E-state index contributed by atoms with van der Waals surface area (Å²) in [6.45, 7) is 4.72. The van der Waals surface area contributed by atoms with Crippen molar-refractivity contribution in [1.29, 1.82) is 0 Å². The van der Waals surface area contributed by atoms with E-state index in [0.717, 1.165) is 36.9 Å².